The number of hydrogen-bond donors (Lipinski definition) is 1. The van der Waals surface area contributed by atoms with Crippen molar-refractivity contribution < 1.29 is 18.5 Å². The highest BCUT2D eigenvalue weighted by molar-refractivity contribution is 7.47. The maximum Gasteiger partial charge on any atom is 0.472 e. The molecule has 1 unspecified atom stereocenters. The van der Waals surface area contributed by atoms with Gasteiger partial charge < -0.3 is 4.89 Å². The molecule has 0 aromatic rings. The van der Waals surface area contributed by atoms with Crippen LogP contribution < -0.4 is 0 Å². The molecule has 0 saturated carbocycles. The van der Waals surface area contributed by atoms with Gasteiger partial charge in [-0.2, -0.15) is 0 Å². The molecule has 0 saturated heterocycles. The Kier molecular flexibility index (Phi) is 6.69. The zero-order chi connectivity index (χ0) is 11.9. The molecule has 0 aromatic carbocycles. The van der Waals surface area contributed by atoms with Gasteiger partial charge in [0.15, 0.2) is 0 Å². The minimum atomic E-state index is -3.87. The third kappa shape index (κ3) is 6.31. The van der Waals surface area contributed by atoms with Crippen LogP contribution in [0.15, 0.2) is 0 Å². The van der Waals surface area contributed by atoms with Crippen molar-refractivity contribution in [3.05, 3.63) is 0 Å². The molecule has 0 amide bonds. The van der Waals surface area contributed by atoms with Crippen LogP contribution in [0, 0.1) is 0 Å². The summed E-state index contributed by atoms with van der Waals surface area (Å²) in [5, 5.41) is 0. The Bertz CT molecular complexity index is 211. The second-order valence-electron chi connectivity index (χ2n) is 3.93. The van der Waals surface area contributed by atoms with Gasteiger partial charge in [-0.3, -0.25) is 9.05 Å². The fourth-order valence-corrected chi connectivity index (χ4v) is 2.86. The minimum absolute atomic E-state index is 0.183. The van der Waals surface area contributed by atoms with Gasteiger partial charge in [-0.25, -0.2) is 4.57 Å². The molecule has 1 N–H and O–H groups in total. The predicted molar refractivity (Wildman–Crippen MR) is 60.8 cm³/mol. The zero-order valence-corrected chi connectivity index (χ0v) is 11.0. The van der Waals surface area contributed by atoms with Crippen LogP contribution in [-0.2, 0) is 13.6 Å². The van der Waals surface area contributed by atoms with Crippen LogP contribution in [-0.4, -0.2) is 17.1 Å². The van der Waals surface area contributed by atoms with Gasteiger partial charge in [-0.15, -0.1) is 0 Å². The highest BCUT2D eigenvalue weighted by Gasteiger charge is 2.33. The first-order valence-corrected chi connectivity index (χ1v) is 7.06. The monoisotopic (exact) mass is 238 g/mol. The summed E-state index contributed by atoms with van der Waals surface area (Å²) in [5.41, 5.74) is -0.553. The van der Waals surface area contributed by atoms with Gasteiger partial charge in [0.05, 0.1) is 12.2 Å². The Morgan fingerprint density at radius 1 is 1.20 bits per heavy atom. The molecule has 15 heavy (non-hydrogen) atoms. The van der Waals surface area contributed by atoms with E-state index in [9.17, 15) is 9.46 Å². The SMILES string of the molecule is CCCC(C)(CCC)OP(=O)(O)OCC. The van der Waals surface area contributed by atoms with E-state index in [1.165, 1.54) is 0 Å². The normalized spacial score (nSPS) is 16.3. The molecule has 5 heteroatoms. The molecule has 92 valence electrons. The van der Waals surface area contributed by atoms with Crippen LogP contribution in [0.25, 0.3) is 0 Å². The number of phosphoric acid groups is 1. The van der Waals surface area contributed by atoms with E-state index in [2.05, 4.69) is 0 Å². The maximum absolute atomic E-state index is 11.5. The summed E-state index contributed by atoms with van der Waals surface area (Å²) in [6, 6.07) is 0. The highest BCUT2D eigenvalue weighted by atomic mass is 31.2. The molecule has 4 nitrogen and oxygen atoms in total. The summed E-state index contributed by atoms with van der Waals surface area (Å²) >= 11 is 0. The first-order valence-electron chi connectivity index (χ1n) is 5.57. The lowest BCUT2D eigenvalue weighted by molar-refractivity contribution is 0.0226. The number of phosphoric ester groups is 1. The zero-order valence-electron chi connectivity index (χ0n) is 10.2. The van der Waals surface area contributed by atoms with Gasteiger partial charge in [0, 0.05) is 0 Å². The van der Waals surface area contributed by atoms with E-state index >= 15 is 0 Å². The van der Waals surface area contributed by atoms with E-state index < -0.39 is 13.4 Å². The molecular formula is C10H23O4P. The van der Waals surface area contributed by atoms with Gasteiger partial charge >= 0.3 is 7.82 Å². The summed E-state index contributed by atoms with van der Waals surface area (Å²) in [4.78, 5) is 9.41. The van der Waals surface area contributed by atoms with Gasteiger partial charge in [0.25, 0.3) is 0 Å². The first-order chi connectivity index (χ1) is 6.89. The maximum atomic E-state index is 11.5. The smallest absolute Gasteiger partial charge is 0.302 e. The Morgan fingerprint density at radius 2 is 1.67 bits per heavy atom. The summed E-state index contributed by atoms with van der Waals surface area (Å²) < 4.78 is 21.4. The van der Waals surface area contributed by atoms with Crippen LogP contribution in [0.1, 0.15) is 53.4 Å². The Labute approximate surface area is 92.6 Å². The van der Waals surface area contributed by atoms with E-state index in [0.717, 1.165) is 25.7 Å². The van der Waals surface area contributed by atoms with Crippen molar-refractivity contribution in [1.82, 2.24) is 0 Å². The van der Waals surface area contributed by atoms with Crippen LogP contribution in [0.3, 0.4) is 0 Å². The van der Waals surface area contributed by atoms with Crippen LogP contribution in [0.4, 0.5) is 0 Å². The summed E-state index contributed by atoms with van der Waals surface area (Å²) in [7, 11) is -3.87. The lowest BCUT2D eigenvalue weighted by Crippen LogP contribution is -2.27. The lowest BCUT2D eigenvalue weighted by atomic mass is 9.95. The van der Waals surface area contributed by atoms with Gasteiger partial charge in [-0.1, -0.05) is 26.7 Å². The molecule has 0 heterocycles. The van der Waals surface area contributed by atoms with Gasteiger partial charge in [0.2, 0.25) is 0 Å². The van der Waals surface area contributed by atoms with E-state index in [0.29, 0.717) is 0 Å². The third-order valence-corrected chi connectivity index (χ3v) is 3.44. The summed E-state index contributed by atoms with van der Waals surface area (Å²) in [6.07, 6.45) is 3.36. The molecule has 0 aliphatic heterocycles. The predicted octanol–water partition coefficient (Wildman–Crippen LogP) is 3.50. The Balaban J connectivity index is 4.45. The Morgan fingerprint density at radius 3 is 2.00 bits per heavy atom. The van der Waals surface area contributed by atoms with E-state index in [1.54, 1.807) is 6.92 Å². The van der Waals surface area contributed by atoms with Crippen LogP contribution >= 0.6 is 7.82 Å². The quantitative estimate of drug-likeness (QED) is 0.657. The van der Waals surface area contributed by atoms with Crippen LogP contribution in [0.5, 0.6) is 0 Å². The molecule has 0 rings (SSSR count). The average molecular weight is 238 g/mol. The number of rotatable bonds is 8. The second-order valence-corrected chi connectivity index (χ2v) is 5.31. The largest absolute Gasteiger partial charge is 0.472 e. The van der Waals surface area contributed by atoms with E-state index in [4.69, 9.17) is 9.05 Å². The van der Waals surface area contributed by atoms with Crippen molar-refractivity contribution in [1.29, 1.82) is 0 Å². The van der Waals surface area contributed by atoms with Gasteiger partial charge in [-0.05, 0) is 26.7 Å². The molecule has 0 aliphatic rings. The van der Waals surface area contributed by atoms with Crippen molar-refractivity contribution in [2.24, 2.45) is 0 Å². The van der Waals surface area contributed by atoms with E-state index in [1.807, 2.05) is 20.8 Å². The number of hydrogen-bond acceptors (Lipinski definition) is 3. The second kappa shape index (κ2) is 6.64. The first kappa shape index (κ1) is 15.1. The molecular weight excluding hydrogens is 215 g/mol. The van der Waals surface area contributed by atoms with Crippen molar-refractivity contribution >= 4 is 7.82 Å². The van der Waals surface area contributed by atoms with Crippen molar-refractivity contribution in [3.63, 3.8) is 0 Å². The summed E-state index contributed by atoms with van der Waals surface area (Å²) in [5.74, 6) is 0. The van der Waals surface area contributed by atoms with Gasteiger partial charge in [0.1, 0.15) is 0 Å². The van der Waals surface area contributed by atoms with E-state index in [-0.39, 0.29) is 6.61 Å². The highest BCUT2D eigenvalue weighted by Crippen LogP contribution is 2.49. The van der Waals surface area contributed by atoms with Crippen LogP contribution in [0.2, 0.25) is 0 Å². The molecule has 0 radical (unpaired) electrons. The molecule has 1 atom stereocenters. The molecule has 0 bridgehead atoms. The topological polar surface area (TPSA) is 55.8 Å². The van der Waals surface area contributed by atoms with Crippen molar-refractivity contribution in [2.45, 2.75) is 59.0 Å². The molecule has 0 spiro atoms. The third-order valence-electron chi connectivity index (χ3n) is 2.19. The summed E-state index contributed by atoms with van der Waals surface area (Å²) in [6.45, 7) is 7.77. The standard InChI is InChI=1S/C10H23O4P/c1-5-8-10(4,9-6-2)14-15(11,12)13-7-3/h5-9H2,1-4H3,(H,11,12). The lowest BCUT2D eigenvalue weighted by Gasteiger charge is -2.30. The fraction of sp³-hybridized carbons (Fsp3) is 1.00. The molecule has 0 fully saturated rings. The molecule has 0 aliphatic carbocycles. The van der Waals surface area contributed by atoms with Crippen molar-refractivity contribution in [3.8, 4) is 0 Å². The average Bonchev–Trinajstić information content (AvgIpc) is 2.02. The van der Waals surface area contributed by atoms with Crippen molar-refractivity contribution in [2.75, 3.05) is 6.61 Å². The molecule has 0 aromatic heterocycles. The Hall–Kier alpha value is 0.110. The minimum Gasteiger partial charge on any atom is -0.302 e. The fourth-order valence-electron chi connectivity index (χ4n) is 1.74.